The van der Waals surface area contributed by atoms with Crippen molar-refractivity contribution in [3.05, 3.63) is 87.1 Å². The smallest absolute Gasteiger partial charge is 0.281 e. The fourth-order valence-corrected chi connectivity index (χ4v) is 4.17. The molecule has 2 aromatic carbocycles. The molecule has 158 valence electrons. The third kappa shape index (κ3) is 3.64. The van der Waals surface area contributed by atoms with Crippen molar-refractivity contribution in [1.29, 1.82) is 0 Å². The van der Waals surface area contributed by atoms with E-state index in [0.29, 0.717) is 21.8 Å². The Hall–Kier alpha value is -3.38. The molecule has 0 aliphatic carbocycles. The molecule has 0 saturated heterocycles. The number of benzene rings is 2. The number of carbonyl (C=O) groups excluding carboxylic acids is 1. The molecule has 1 N–H and O–H groups in total. The van der Waals surface area contributed by atoms with Crippen molar-refractivity contribution in [2.24, 2.45) is 0 Å². The van der Waals surface area contributed by atoms with E-state index >= 15 is 0 Å². The third-order valence-electron chi connectivity index (χ3n) is 5.68. The van der Waals surface area contributed by atoms with Crippen LogP contribution in [0.5, 0.6) is 0 Å². The van der Waals surface area contributed by atoms with E-state index in [1.807, 2.05) is 68.7 Å². The summed E-state index contributed by atoms with van der Waals surface area (Å²) in [5, 5.41) is 9.18. The summed E-state index contributed by atoms with van der Waals surface area (Å²) in [6, 6.07) is 14.1. The van der Waals surface area contributed by atoms with Crippen LogP contribution in [0.3, 0.4) is 0 Å². The minimum atomic E-state index is -0.532. The Labute approximate surface area is 185 Å². The standard InChI is InChI=1S/C24H23ClN4O2/c1-14-10-11-18(25)12-21(14)27-23(30)17(4)28-15(2)20-13-26-29(19-8-6-5-7-9-19)24(31)22(20)16(28)3/h5-13,17H,1-4H3,(H,27,30)/t17-/m0/s1. The molecular weight excluding hydrogens is 412 g/mol. The highest BCUT2D eigenvalue weighted by molar-refractivity contribution is 6.31. The Kier molecular flexibility index (Phi) is 5.41. The van der Waals surface area contributed by atoms with Crippen molar-refractivity contribution in [2.75, 3.05) is 5.32 Å². The van der Waals surface area contributed by atoms with Crippen molar-refractivity contribution in [3.63, 3.8) is 0 Å². The lowest BCUT2D eigenvalue weighted by Crippen LogP contribution is -2.25. The normalized spacial score (nSPS) is 12.2. The number of para-hydroxylation sites is 1. The first kappa shape index (κ1) is 20.9. The van der Waals surface area contributed by atoms with Gasteiger partial charge in [-0.3, -0.25) is 9.59 Å². The molecule has 4 aromatic rings. The number of fused-ring (bicyclic) bond motifs is 1. The van der Waals surface area contributed by atoms with Gasteiger partial charge in [-0.25, -0.2) is 0 Å². The summed E-state index contributed by atoms with van der Waals surface area (Å²) in [5.41, 5.74) is 3.64. The van der Waals surface area contributed by atoms with E-state index in [9.17, 15) is 9.59 Å². The van der Waals surface area contributed by atoms with E-state index in [0.717, 1.165) is 22.3 Å². The molecule has 31 heavy (non-hydrogen) atoms. The van der Waals surface area contributed by atoms with Gasteiger partial charge < -0.3 is 9.88 Å². The van der Waals surface area contributed by atoms with Crippen LogP contribution in [0.2, 0.25) is 5.02 Å². The first-order chi connectivity index (χ1) is 14.8. The maximum absolute atomic E-state index is 13.3. The fraction of sp³-hybridized carbons (Fsp3) is 0.208. The molecule has 2 heterocycles. The van der Waals surface area contributed by atoms with E-state index in [1.165, 1.54) is 4.68 Å². The number of nitrogens with one attached hydrogen (secondary N) is 1. The zero-order valence-corrected chi connectivity index (χ0v) is 18.6. The average molecular weight is 435 g/mol. The van der Waals surface area contributed by atoms with Gasteiger partial charge >= 0.3 is 0 Å². The zero-order valence-electron chi connectivity index (χ0n) is 17.8. The molecule has 0 saturated carbocycles. The molecule has 0 fully saturated rings. The van der Waals surface area contributed by atoms with E-state index in [1.54, 1.807) is 18.3 Å². The quantitative estimate of drug-likeness (QED) is 0.493. The van der Waals surface area contributed by atoms with Crippen molar-refractivity contribution >= 4 is 34.0 Å². The summed E-state index contributed by atoms with van der Waals surface area (Å²) in [6.45, 7) is 7.49. The van der Waals surface area contributed by atoms with Crippen LogP contribution >= 0.6 is 11.6 Å². The van der Waals surface area contributed by atoms with Crippen LogP contribution in [0.1, 0.15) is 29.9 Å². The number of anilines is 1. The van der Waals surface area contributed by atoms with Gasteiger partial charge in [-0.15, -0.1) is 0 Å². The predicted octanol–water partition coefficient (Wildman–Crippen LogP) is 4.97. The molecule has 2 aromatic heterocycles. The van der Waals surface area contributed by atoms with Gasteiger partial charge in [-0.1, -0.05) is 35.9 Å². The Balaban J connectivity index is 1.77. The van der Waals surface area contributed by atoms with Gasteiger partial charge in [0.05, 0.1) is 17.3 Å². The van der Waals surface area contributed by atoms with Crippen molar-refractivity contribution < 1.29 is 4.79 Å². The van der Waals surface area contributed by atoms with E-state index < -0.39 is 6.04 Å². The Morgan fingerprint density at radius 2 is 1.77 bits per heavy atom. The van der Waals surface area contributed by atoms with E-state index in [-0.39, 0.29) is 11.5 Å². The summed E-state index contributed by atoms with van der Waals surface area (Å²) in [7, 11) is 0. The number of aryl methyl sites for hydroxylation is 3. The van der Waals surface area contributed by atoms with Crippen LogP contribution in [0.25, 0.3) is 16.5 Å². The maximum Gasteiger partial charge on any atom is 0.281 e. The number of hydrogen-bond donors (Lipinski definition) is 1. The number of rotatable bonds is 4. The van der Waals surface area contributed by atoms with Crippen LogP contribution in [0.4, 0.5) is 5.69 Å². The molecule has 0 unspecified atom stereocenters. The summed E-state index contributed by atoms with van der Waals surface area (Å²) >= 11 is 6.08. The predicted molar refractivity (Wildman–Crippen MR) is 124 cm³/mol. The summed E-state index contributed by atoms with van der Waals surface area (Å²) in [4.78, 5) is 26.3. The van der Waals surface area contributed by atoms with Gasteiger partial charge in [0, 0.05) is 27.5 Å². The largest absolute Gasteiger partial charge is 0.336 e. The monoisotopic (exact) mass is 434 g/mol. The lowest BCUT2D eigenvalue weighted by Gasteiger charge is -2.19. The Morgan fingerprint density at radius 3 is 2.48 bits per heavy atom. The SMILES string of the molecule is Cc1ccc(Cl)cc1NC(=O)[C@H](C)n1c(C)c2cnn(-c3ccccc3)c(=O)c2c1C. The van der Waals surface area contributed by atoms with Gasteiger partial charge in [-0.2, -0.15) is 9.78 Å². The number of halogens is 1. The highest BCUT2D eigenvalue weighted by Gasteiger charge is 2.24. The molecule has 6 nitrogen and oxygen atoms in total. The number of nitrogens with zero attached hydrogens (tertiary/aromatic N) is 3. The molecule has 0 spiro atoms. The number of aromatic nitrogens is 3. The molecule has 0 radical (unpaired) electrons. The van der Waals surface area contributed by atoms with Gasteiger partial charge in [0.2, 0.25) is 5.91 Å². The molecule has 0 aliphatic rings. The van der Waals surface area contributed by atoms with Crippen LogP contribution in [-0.4, -0.2) is 20.3 Å². The highest BCUT2D eigenvalue weighted by atomic mass is 35.5. The van der Waals surface area contributed by atoms with Gasteiger partial charge in [0.1, 0.15) is 6.04 Å². The lowest BCUT2D eigenvalue weighted by molar-refractivity contribution is -0.118. The van der Waals surface area contributed by atoms with Crippen molar-refractivity contribution in [2.45, 2.75) is 33.7 Å². The second kappa shape index (κ2) is 8.04. The first-order valence-corrected chi connectivity index (χ1v) is 10.4. The Morgan fingerprint density at radius 1 is 1.06 bits per heavy atom. The van der Waals surface area contributed by atoms with E-state index in [2.05, 4.69) is 10.4 Å². The van der Waals surface area contributed by atoms with Crippen LogP contribution in [0.15, 0.2) is 59.5 Å². The number of amides is 1. The minimum absolute atomic E-state index is 0.187. The average Bonchev–Trinajstić information content (AvgIpc) is 3.01. The van der Waals surface area contributed by atoms with Crippen LogP contribution in [0, 0.1) is 20.8 Å². The zero-order chi connectivity index (χ0) is 22.3. The second-order valence-electron chi connectivity index (χ2n) is 7.65. The first-order valence-electron chi connectivity index (χ1n) is 10.0. The Bertz CT molecular complexity index is 1360. The molecular formula is C24H23ClN4O2. The number of hydrogen-bond acceptors (Lipinski definition) is 3. The molecule has 7 heteroatoms. The minimum Gasteiger partial charge on any atom is -0.336 e. The molecule has 0 aliphatic heterocycles. The van der Waals surface area contributed by atoms with E-state index in [4.69, 9.17) is 11.6 Å². The summed E-state index contributed by atoms with van der Waals surface area (Å²) in [6.07, 6.45) is 1.69. The van der Waals surface area contributed by atoms with Crippen molar-refractivity contribution in [3.8, 4) is 5.69 Å². The number of carbonyl (C=O) groups is 1. The molecule has 1 amide bonds. The van der Waals surface area contributed by atoms with Gasteiger partial charge in [-0.05, 0) is 57.5 Å². The van der Waals surface area contributed by atoms with Crippen LogP contribution < -0.4 is 10.9 Å². The second-order valence-corrected chi connectivity index (χ2v) is 8.09. The molecule has 4 rings (SSSR count). The van der Waals surface area contributed by atoms with Gasteiger partial charge in [0.25, 0.3) is 5.56 Å². The van der Waals surface area contributed by atoms with Gasteiger partial charge in [0.15, 0.2) is 0 Å². The third-order valence-corrected chi connectivity index (χ3v) is 5.91. The molecule has 0 bridgehead atoms. The lowest BCUT2D eigenvalue weighted by atomic mass is 10.2. The topological polar surface area (TPSA) is 68.9 Å². The van der Waals surface area contributed by atoms with Crippen LogP contribution in [-0.2, 0) is 4.79 Å². The van der Waals surface area contributed by atoms with Crippen molar-refractivity contribution in [1.82, 2.24) is 14.3 Å². The fourth-order valence-electron chi connectivity index (χ4n) is 4.00. The summed E-state index contributed by atoms with van der Waals surface area (Å²) < 4.78 is 3.28. The maximum atomic E-state index is 13.3. The highest BCUT2D eigenvalue weighted by Crippen LogP contribution is 2.28. The summed E-state index contributed by atoms with van der Waals surface area (Å²) in [5.74, 6) is -0.187. The molecule has 1 atom stereocenters.